The van der Waals surface area contributed by atoms with Gasteiger partial charge in [0.1, 0.15) is 0 Å². The van der Waals surface area contributed by atoms with Crippen LogP contribution in [0.25, 0.3) is 0 Å². The summed E-state index contributed by atoms with van der Waals surface area (Å²) in [6.45, 7) is 1.38. The monoisotopic (exact) mass is 216 g/mol. The topological polar surface area (TPSA) is 78.4 Å². The minimum atomic E-state index is -0.821. The molecule has 0 rings (SSSR count). The van der Waals surface area contributed by atoms with Gasteiger partial charge in [0.15, 0.2) is 0 Å². The lowest BCUT2D eigenvalue weighted by Gasteiger charge is -2.03. The van der Waals surface area contributed by atoms with Crippen molar-refractivity contribution in [3.05, 3.63) is 0 Å². The third kappa shape index (κ3) is 10.8. The molecular formula is C10H20N2O3. The van der Waals surface area contributed by atoms with Gasteiger partial charge in [-0.3, -0.25) is 9.59 Å². The lowest BCUT2D eigenvalue weighted by Crippen LogP contribution is -2.24. The Morgan fingerprint density at radius 3 is 2.40 bits per heavy atom. The van der Waals surface area contributed by atoms with Crippen LogP contribution in [-0.4, -0.2) is 37.1 Å². The molecule has 0 saturated heterocycles. The highest BCUT2D eigenvalue weighted by atomic mass is 16.4. The molecule has 0 heterocycles. The first-order chi connectivity index (χ1) is 7.16. The van der Waals surface area contributed by atoms with Crippen LogP contribution in [0.1, 0.15) is 32.1 Å². The molecule has 0 radical (unpaired) electrons. The molecule has 0 aliphatic carbocycles. The molecule has 3 N–H and O–H groups in total. The van der Waals surface area contributed by atoms with Crippen LogP contribution < -0.4 is 10.6 Å². The van der Waals surface area contributed by atoms with E-state index >= 15 is 0 Å². The van der Waals surface area contributed by atoms with Crippen molar-refractivity contribution >= 4 is 11.9 Å². The van der Waals surface area contributed by atoms with E-state index in [9.17, 15) is 9.59 Å². The second-order valence-electron chi connectivity index (χ2n) is 3.41. The molecule has 0 unspecified atom stereocenters. The maximum atomic E-state index is 11.2. The quantitative estimate of drug-likeness (QED) is 0.486. The summed E-state index contributed by atoms with van der Waals surface area (Å²) < 4.78 is 0. The maximum absolute atomic E-state index is 11.2. The van der Waals surface area contributed by atoms with Crippen molar-refractivity contribution in [1.82, 2.24) is 10.6 Å². The summed E-state index contributed by atoms with van der Waals surface area (Å²) >= 11 is 0. The zero-order valence-corrected chi connectivity index (χ0v) is 9.21. The molecule has 0 aliphatic heterocycles. The zero-order chi connectivity index (χ0) is 11.5. The zero-order valence-electron chi connectivity index (χ0n) is 9.21. The Morgan fingerprint density at radius 2 is 1.80 bits per heavy atom. The number of unbranched alkanes of at least 4 members (excludes halogenated alkanes) is 1. The summed E-state index contributed by atoms with van der Waals surface area (Å²) in [7, 11) is 1.88. The van der Waals surface area contributed by atoms with E-state index in [0.717, 1.165) is 19.4 Å². The van der Waals surface area contributed by atoms with E-state index in [0.29, 0.717) is 19.4 Å². The number of amides is 1. The van der Waals surface area contributed by atoms with E-state index in [1.807, 2.05) is 7.05 Å². The highest BCUT2D eigenvalue weighted by molar-refractivity contribution is 5.75. The number of carboxylic acids is 1. The number of aliphatic carboxylic acids is 1. The van der Waals surface area contributed by atoms with Gasteiger partial charge in [-0.25, -0.2) is 0 Å². The lowest BCUT2D eigenvalue weighted by molar-refractivity contribution is -0.137. The highest BCUT2D eigenvalue weighted by Gasteiger charge is 2.01. The average Bonchev–Trinajstić information content (AvgIpc) is 2.19. The molecule has 1 amide bonds. The fraction of sp³-hybridized carbons (Fsp3) is 0.800. The molecule has 88 valence electrons. The predicted molar refractivity (Wildman–Crippen MR) is 57.7 cm³/mol. The maximum Gasteiger partial charge on any atom is 0.303 e. The minimum Gasteiger partial charge on any atom is -0.481 e. The largest absolute Gasteiger partial charge is 0.481 e. The van der Waals surface area contributed by atoms with Crippen LogP contribution in [0.4, 0.5) is 0 Å². The first kappa shape index (κ1) is 13.9. The van der Waals surface area contributed by atoms with Crippen molar-refractivity contribution in [2.75, 3.05) is 20.1 Å². The van der Waals surface area contributed by atoms with Crippen LogP contribution in [-0.2, 0) is 9.59 Å². The number of nitrogens with one attached hydrogen (secondary N) is 2. The molecule has 0 aliphatic rings. The number of rotatable bonds is 9. The Balaban J connectivity index is 3.22. The molecular weight excluding hydrogens is 196 g/mol. The standard InChI is InChI=1S/C10H20N2O3/c1-11-7-3-2-5-9(13)12-8-4-6-10(14)15/h11H,2-8H2,1H3,(H,12,13)(H,14,15). The van der Waals surface area contributed by atoms with Gasteiger partial charge in [-0.1, -0.05) is 0 Å². The van der Waals surface area contributed by atoms with Gasteiger partial charge in [-0.05, 0) is 32.9 Å². The molecule has 0 aromatic heterocycles. The molecule has 0 atom stereocenters. The Hall–Kier alpha value is -1.10. The summed E-state index contributed by atoms with van der Waals surface area (Å²) in [6.07, 6.45) is 2.98. The van der Waals surface area contributed by atoms with Gasteiger partial charge >= 0.3 is 5.97 Å². The normalized spacial score (nSPS) is 9.93. The number of carbonyl (C=O) groups excluding carboxylic acids is 1. The van der Waals surface area contributed by atoms with E-state index < -0.39 is 5.97 Å². The summed E-state index contributed by atoms with van der Waals surface area (Å²) in [5.74, 6) is -0.810. The van der Waals surface area contributed by atoms with Crippen molar-refractivity contribution in [3.8, 4) is 0 Å². The van der Waals surface area contributed by atoms with Crippen molar-refractivity contribution in [3.63, 3.8) is 0 Å². The highest BCUT2D eigenvalue weighted by Crippen LogP contribution is 1.94. The second kappa shape index (κ2) is 9.45. The fourth-order valence-electron chi connectivity index (χ4n) is 1.14. The molecule has 0 aromatic carbocycles. The molecule has 0 spiro atoms. The first-order valence-electron chi connectivity index (χ1n) is 5.30. The van der Waals surface area contributed by atoms with Gasteiger partial charge in [0.25, 0.3) is 0 Å². The molecule has 5 heteroatoms. The fourth-order valence-corrected chi connectivity index (χ4v) is 1.14. The summed E-state index contributed by atoms with van der Waals surface area (Å²) in [5.41, 5.74) is 0. The summed E-state index contributed by atoms with van der Waals surface area (Å²) in [4.78, 5) is 21.3. The molecule has 0 aromatic rings. The van der Waals surface area contributed by atoms with Crippen molar-refractivity contribution in [2.45, 2.75) is 32.1 Å². The number of hydrogen-bond donors (Lipinski definition) is 3. The number of hydrogen-bond acceptors (Lipinski definition) is 3. The third-order valence-corrected chi connectivity index (χ3v) is 1.97. The van der Waals surface area contributed by atoms with Crippen LogP contribution >= 0.6 is 0 Å². The van der Waals surface area contributed by atoms with Crippen LogP contribution in [0.3, 0.4) is 0 Å². The Bertz CT molecular complexity index is 195. The van der Waals surface area contributed by atoms with Gasteiger partial charge in [-0.15, -0.1) is 0 Å². The van der Waals surface area contributed by atoms with E-state index in [-0.39, 0.29) is 12.3 Å². The average molecular weight is 216 g/mol. The number of carbonyl (C=O) groups is 2. The Labute approximate surface area is 90.2 Å². The van der Waals surface area contributed by atoms with Gasteiger partial charge in [-0.2, -0.15) is 0 Å². The van der Waals surface area contributed by atoms with Crippen molar-refractivity contribution in [1.29, 1.82) is 0 Å². The molecule has 0 bridgehead atoms. The van der Waals surface area contributed by atoms with Crippen molar-refractivity contribution in [2.24, 2.45) is 0 Å². The Morgan fingerprint density at radius 1 is 1.07 bits per heavy atom. The molecule has 5 nitrogen and oxygen atoms in total. The van der Waals surface area contributed by atoms with Gasteiger partial charge < -0.3 is 15.7 Å². The van der Waals surface area contributed by atoms with E-state index in [1.165, 1.54) is 0 Å². The van der Waals surface area contributed by atoms with Gasteiger partial charge in [0.2, 0.25) is 5.91 Å². The minimum absolute atomic E-state index is 0.0106. The second-order valence-corrected chi connectivity index (χ2v) is 3.41. The van der Waals surface area contributed by atoms with Crippen LogP contribution in [0.2, 0.25) is 0 Å². The Kier molecular flexibility index (Phi) is 8.76. The SMILES string of the molecule is CNCCCCC(=O)NCCCC(=O)O. The van der Waals surface area contributed by atoms with Crippen LogP contribution in [0, 0.1) is 0 Å². The van der Waals surface area contributed by atoms with E-state index in [4.69, 9.17) is 5.11 Å². The predicted octanol–water partition coefficient (Wildman–Crippen LogP) is 0.357. The van der Waals surface area contributed by atoms with Gasteiger partial charge in [0.05, 0.1) is 0 Å². The van der Waals surface area contributed by atoms with E-state index in [2.05, 4.69) is 10.6 Å². The number of carboxylic acid groups (broad SMARTS) is 1. The molecule has 0 fully saturated rings. The summed E-state index contributed by atoms with van der Waals surface area (Å²) in [6, 6.07) is 0. The van der Waals surface area contributed by atoms with E-state index in [1.54, 1.807) is 0 Å². The van der Waals surface area contributed by atoms with Crippen LogP contribution in [0.15, 0.2) is 0 Å². The third-order valence-electron chi connectivity index (χ3n) is 1.97. The molecule has 0 saturated carbocycles. The lowest BCUT2D eigenvalue weighted by atomic mass is 10.2. The smallest absolute Gasteiger partial charge is 0.303 e. The van der Waals surface area contributed by atoms with Gasteiger partial charge in [0, 0.05) is 19.4 Å². The first-order valence-corrected chi connectivity index (χ1v) is 5.30. The molecule has 15 heavy (non-hydrogen) atoms. The van der Waals surface area contributed by atoms with Crippen molar-refractivity contribution < 1.29 is 14.7 Å². The summed E-state index contributed by atoms with van der Waals surface area (Å²) in [5, 5.41) is 14.1. The van der Waals surface area contributed by atoms with Crippen LogP contribution in [0.5, 0.6) is 0 Å².